The molecule has 0 aliphatic carbocycles. The predicted molar refractivity (Wildman–Crippen MR) is 78.2 cm³/mol. The van der Waals surface area contributed by atoms with Crippen molar-refractivity contribution in [3.63, 3.8) is 0 Å². The van der Waals surface area contributed by atoms with Crippen LogP contribution in [0.2, 0.25) is 0 Å². The summed E-state index contributed by atoms with van der Waals surface area (Å²) in [7, 11) is 0. The van der Waals surface area contributed by atoms with Crippen LogP contribution in [0.4, 0.5) is 13.2 Å². The van der Waals surface area contributed by atoms with Gasteiger partial charge >= 0.3 is 6.18 Å². The minimum absolute atomic E-state index is 0.134. The molecule has 1 amide bonds. The van der Waals surface area contributed by atoms with Crippen molar-refractivity contribution < 1.29 is 22.7 Å². The summed E-state index contributed by atoms with van der Waals surface area (Å²) in [5.74, 6) is -0.533. The second-order valence-corrected chi connectivity index (χ2v) is 6.40. The third-order valence-corrected chi connectivity index (χ3v) is 4.50. The molecule has 0 radical (unpaired) electrons. The van der Waals surface area contributed by atoms with E-state index in [1.165, 1.54) is 4.68 Å². The summed E-state index contributed by atoms with van der Waals surface area (Å²) in [5.41, 5.74) is 0.742. The maximum absolute atomic E-state index is 12.6. The Kier molecular flexibility index (Phi) is 5.07. The molecule has 0 bridgehead atoms. The highest BCUT2D eigenvalue weighted by Crippen LogP contribution is 2.26. The molecule has 24 heavy (non-hydrogen) atoms. The van der Waals surface area contributed by atoms with Crippen LogP contribution in [0.3, 0.4) is 0 Å². The molecule has 1 aromatic heterocycles. The molecule has 2 saturated heterocycles. The van der Waals surface area contributed by atoms with E-state index in [-0.39, 0.29) is 12.6 Å². The van der Waals surface area contributed by atoms with Gasteiger partial charge in [0.1, 0.15) is 12.6 Å². The van der Waals surface area contributed by atoms with Crippen molar-refractivity contribution in [3.8, 4) is 0 Å². The van der Waals surface area contributed by atoms with Gasteiger partial charge in [-0.25, -0.2) is 4.68 Å². The zero-order valence-electron chi connectivity index (χ0n) is 13.3. The molecular formula is C15H21F3N4O2. The number of likely N-dealkylation sites (tertiary alicyclic amines) is 1. The molecule has 2 unspecified atom stereocenters. The predicted octanol–water partition coefficient (Wildman–Crippen LogP) is 2.12. The van der Waals surface area contributed by atoms with Crippen LogP contribution < -0.4 is 0 Å². The van der Waals surface area contributed by atoms with Gasteiger partial charge in [0.05, 0.1) is 11.8 Å². The Morgan fingerprint density at radius 2 is 2.12 bits per heavy atom. The molecule has 0 spiro atoms. The van der Waals surface area contributed by atoms with E-state index in [0.29, 0.717) is 19.3 Å². The highest BCUT2D eigenvalue weighted by atomic mass is 19.4. The fourth-order valence-corrected chi connectivity index (χ4v) is 3.30. The number of aryl methyl sites for hydroxylation is 1. The second kappa shape index (κ2) is 7.08. The van der Waals surface area contributed by atoms with Crippen molar-refractivity contribution in [1.29, 1.82) is 0 Å². The first-order valence-corrected chi connectivity index (χ1v) is 8.30. The molecule has 3 heterocycles. The van der Waals surface area contributed by atoms with E-state index in [9.17, 15) is 18.0 Å². The van der Waals surface area contributed by atoms with E-state index in [0.717, 1.165) is 36.5 Å². The van der Waals surface area contributed by atoms with Gasteiger partial charge in [0.2, 0.25) is 5.91 Å². The summed E-state index contributed by atoms with van der Waals surface area (Å²) in [6, 6.07) is -0.690. The number of carbonyl (C=O) groups is 1. The second-order valence-electron chi connectivity index (χ2n) is 6.40. The molecule has 0 N–H and O–H groups in total. The summed E-state index contributed by atoms with van der Waals surface area (Å²) >= 11 is 0. The van der Waals surface area contributed by atoms with Crippen LogP contribution in [0.1, 0.15) is 43.8 Å². The summed E-state index contributed by atoms with van der Waals surface area (Å²) in [6.45, 7) is -0.276. The van der Waals surface area contributed by atoms with E-state index in [4.69, 9.17) is 4.74 Å². The van der Waals surface area contributed by atoms with Crippen LogP contribution >= 0.6 is 0 Å². The smallest absolute Gasteiger partial charge is 0.378 e. The number of piperidine rings is 1. The quantitative estimate of drug-likeness (QED) is 0.819. The normalized spacial score (nSPS) is 25.5. The van der Waals surface area contributed by atoms with Crippen molar-refractivity contribution in [2.45, 2.75) is 56.8 Å². The molecule has 2 aliphatic rings. The van der Waals surface area contributed by atoms with Gasteiger partial charge in [-0.3, -0.25) is 4.79 Å². The summed E-state index contributed by atoms with van der Waals surface area (Å²) in [4.78, 5) is 13.2. The third kappa shape index (κ3) is 4.25. The van der Waals surface area contributed by atoms with Crippen molar-refractivity contribution in [2.75, 3.05) is 19.7 Å². The van der Waals surface area contributed by atoms with Crippen LogP contribution in [-0.4, -0.2) is 57.8 Å². The standard InChI is InChI=1S/C15H21F3N4O2/c16-15(17,18)10-21-7-1-4-13(14(21)23)22-9-11(19-20-22)5-6-12-3-2-8-24-12/h9,12-13H,1-8,10H2. The Labute approximate surface area is 137 Å². The van der Waals surface area contributed by atoms with E-state index >= 15 is 0 Å². The number of nitrogens with zero attached hydrogens (tertiary/aromatic N) is 4. The molecule has 1 aromatic rings. The van der Waals surface area contributed by atoms with Crippen molar-refractivity contribution in [1.82, 2.24) is 19.9 Å². The Bertz CT molecular complexity index is 569. The van der Waals surface area contributed by atoms with Crippen LogP contribution in [0, 0.1) is 0 Å². The molecule has 3 rings (SSSR count). The Hall–Kier alpha value is -1.64. The molecule has 134 valence electrons. The van der Waals surface area contributed by atoms with Crippen molar-refractivity contribution in [3.05, 3.63) is 11.9 Å². The number of aromatic nitrogens is 3. The zero-order chi connectivity index (χ0) is 17.2. The summed E-state index contributed by atoms with van der Waals surface area (Å²) in [6.07, 6.45) is 2.20. The highest BCUT2D eigenvalue weighted by Gasteiger charge is 2.38. The molecule has 0 saturated carbocycles. The topological polar surface area (TPSA) is 60.3 Å². The number of halogens is 3. The lowest BCUT2D eigenvalue weighted by atomic mass is 10.0. The van der Waals surface area contributed by atoms with Gasteiger partial charge in [0, 0.05) is 19.3 Å². The minimum atomic E-state index is -4.38. The molecule has 2 fully saturated rings. The third-order valence-electron chi connectivity index (χ3n) is 4.50. The van der Waals surface area contributed by atoms with Crippen molar-refractivity contribution >= 4 is 5.91 Å². The van der Waals surface area contributed by atoms with Gasteiger partial charge in [-0.15, -0.1) is 5.10 Å². The number of hydrogen-bond donors (Lipinski definition) is 0. The lowest BCUT2D eigenvalue weighted by Gasteiger charge is -2.32. The fourth-order valence-electron chi connectivity index (χ4n) is 3.30. The van der Waals surface area contributed by atoms with E-state index in [1.54, 1.807) is 6.20 Å². The Morgan fingerprint density at radius 3 is 2.83 bits per heavy atom. The number of alkyl halides is 3. The average molecular weight is 346 g/mol. The van der Waals surface area contributed by atoms with Crippen LogP contribution in [0.25, 0.3) is 0 Å². The average Bonchev–Trinajstić information content (AvgIpc) is 3.17. The zero-order valence-corrected chi connectivity index (χ0v) is 13.3. The molecular weight excluding hydrogens is 325 g/mol. The van der Waals surface area contributed by atoms with Gasteiger partial charge in [-0.05, 0) is 38.5 Å². The Morgan fingerprint density at radius 1 is 1.29 bits per heavy atom. The number of carbonyl (C=O) groups excluding carboxylic acids is 1. The highest BCUT2D eigenvalue weighted by molar-refractivity contribution is 5.81. The van der Waals surface area contributed by atoms with E-state index < -0.39 is 24.7 Å². The Balaban J connectivity index is 1.59. The first kappa shape index (κ1) is 17.2. The summed E-state index contributed by atoms with van der Waals surface area (Å²) in [5, 5.41) is 8.01. The SMILES string of the molecule is O=C1C(n2cc(CCC3CCCO3)nn2)CCCN1CC(F)(F)F. The first-order valence-electron chi connectivity index (χ1n) is 8.30. The monoisotopic (exact) mass is 346 g/mol. The van der Waals surface area contributed by atoms with Gasteiger partial charge in [-0.2, -0.15) is 13.2 Å². The summed E-state index contributed by atoms with van der Waals surface area (Å²) < 4.78 is 44.6. The minimum Gasteiger partial charge on any atom is -0.378 e. The van der Waals surface area contributed by atoms with E-state index in [1.807, 2.05) is 0 Å². The lowest BCUT2D eigenvalue weighted by Crippen LogP contribution is -2.46. The van der Waals surface area contributed by atoms with E-state index in [2.05, 4.69) is 10.3 Å². The number of rotatable bonds is 5. The van der Waals surface area contributed by atoms with Crippen molar-refractivity contribution in [2.24, 2.45) is 0 Å². The lowest BCUT2D eigenvalue weighted by molar-refractivity contribution is -0.166. The van der Waals surface area contributed by atoms with Gasteiger partial charge < -0.3 is 9.64 Å². The van der Waals surface area contributed by atoms with Gasteiger partial charge in [-0.1, -0.05) is 5.21 Å². The maximum Gasteiger partial charge on any atom is 0.406 e. The molecule has 0 aromatic carbocycles. The first-order chi connectivity index (χ1) is 11.4. The largest absolute Gasteiger partial charge is 0.406 e. The van der Waals surface area contributed by atoms with Crippen LogP contribution in [0.5, 0.6) is 0 Å². The number of amides is 1. The maximum atomic E-state index is 12.6. The molecule has 2 aliphatic heterocycles. The van der Waals surface area contributed by atoms with Gasteiger partial charge in [0.15, 0.2) is 0 Å². The molecule has 2 atom stereocenters. The number of hydrogen-bond acceptors (Lipinski definition) is 4. The fraction of sp³-hybridized carbons (Fsp3) is 0.800. The van der Waals surface area contributed by atoms with Crippen LogP contribution in [0.15, 0.2) is 6.20 Å². The van der Waals surface area contributed by atoms with Gasteiger partial charge in [0.25, 0.3) is 0 Å². The molecule has 9 heteroatoms. The number of ether oxygens (including phenoxy) is 1. The molecule has 6 nitrogen and oxygen atoms in total. The van der Waals surface area contributed by atoms with Crippen LogP contribution in [-0.2, 0) is 16.0 Å².